The van der Waals surface area contributed by atoms with Gasteiger partial charge < -0.3 is 22.1 Å². The van der Waals surface area contributed by atoms with Crippen molar-refractivity contribution in [3.63, 3.8) is 0 Å². The highest BCUT2D eigenvalue weighted by molar-refractivity contribution is 7.20. The van der Waals surface area contributed by atoms with Gasteiger partial charge in [-0.1, -0.05) is 43.4 Å². The first-order valence-electron chi connectivity index (χ1n) is 9.37. The smallest absolute Gasteiger partial charge is 0.334 e. The fraction of sp³-hybridized carbons (Fsp3) is 0.824. The van der Waals surface area contributed by atoms with Gasteiger partial charge in [-0.15, -0.1) is 0 Å². The number of hydrogen-bond donors (Lipinski definition) is 4. The minimum absolute atomic E-state index is 0.124. The van der Waals surface area contributed by atoms with Crippen LogP contribution in [0.1, 0.15) is 59.8 Å². The molecule has 3 atom stereocenters. The Hall–Kier alpha value is -1.34. The van der Waals surface area contributed by atoms with Crippen molar-refractivity contribution >= 4 is 27.5 Å². The van der Waals surface area contributed by atoms with Gasteiger partial charge in [0.15, 0.2) is 0 Å². The Balaban J connectivity index is -0.000000725. The molecule has 0 radical (unpaired) electrons. The first-order chi connectivity index (χ1) is 12.7. The molecule has 6 N–H and O–H groups in total. The van der Waals surface area contributed by atoms with Crippen LogP contribution in [0.2, 0.25) is 0 Å². The van der Waals surface area contributed by atoms with E-state index in [1.54, 1.807) is 0 Å². The number of halogens is 2. The van der Waals surface area contributed by atoms with E-state index in [1.807, 2.05) is 27.7 Å². The first kappa shape index (κ1) is 30.4. The maximum atomic E-state index is 12.5. The van der Waals surface area contributed by atoms with Crippen molar-refractivity contribution < 1.29 is 23.2 Å². The zero-order valence-electron chi connectivity index (χ0n) is 16.9. The third-order valence-corrected chi connectivity index (χ3v) is 3.74. The number of unbranched alkanes of at least 4 members (excludes halogenated alkanes) is 1. The summed E-state index contributed by atoms with van der Waals surface area (Å²) in [7, 11) is 1.20. The van der Waals surface area contributed by atoms with Crippen molar-refractivity contribution in [1.29, 1.82) is 0 Å². The van der Waals surface area contributed by atoms with Crippen molar-refractivity contribution in [2.24, 2.45) is 17.4 Å². The summed E-state index contributed by atoms with van der Waals surface area (Å²) in [6, 6.07) is 0.124. The van der Waals surface area contributed by atoms with Crippen molar-refractivity contribution in [1.82, 2.24) is 10.6 Å². The minimum Gasteiger partial charge on any atom is -0.372 e. The SMILES string of the molecule is CC.CC.NC(=O)C(CCCCNC(=O)C(F)(F)P)C1CCCN1.NC=O. The van der Waals surface area contributed by atoms with Crippen LogP contribution in [0.15, 0.2) is 0 Å². The molecular formula is C17H37F2N4O3P. The van der Waals surface area contributed by atoms with E-state index in [-0.39, 0.29) is 30.8 Å². The molecule has 1 heterocycles. The van der Waals surface area contributed by atoms with E-state index < -0.39 is 11.6 Å². The van der Waals surface area contributed by atoms with Gasteiger partial charge in [0, 0.05) is 12.6 Å². The first-order valence-corrected chi connectivity index (χ1v) is 9.94. The molecule has 0 aromatic carbocycles. The lowest BCUT2D eigenvalue weighted by Gasteiger charge is -2.20. The van der Waals surface area contributed by atoms with Crippen LogP contribution < -0.4 is 22.1 Å². The molecular weight excluding hydrogens is 377 g/mol. The van der Waals surface area contributed by atoms with Gasteiger partial charge >= 0.3 is 5.66 Å². The van der Waals surface area contributed by atoms with Gasteiger partial charge in [0.05, 0.1) is 5.92 Å². The van der Waals surface area contributed by atoms with Crippen molar-refractivity contribution in [2.45, 2.75) is 71.5 Å². The van der Waals surface area contributed by atoms with Crippen LogP contribution in [0.25, 0.3) is 0 Å². The van der Waals surface area contributed by atoms with E-state index in [9.17, 15) is 18.4 Å². The monoisotopic (exact) mass is 414 g/mol. The summed E-state index contributed by atoms with van der Waals surface area (Å²) >= 11 is 0. The number of primary amides is 2. The van der Waals surface area contributed by atoms with E-state index in [2.05, 4.69) is 16.4 Å². The molecule has 1 saturated heterocycles. The quantitative estimate of drug-likeness (QED) is 0.274. The average Bonchev–Trinajstić information content (AvgIpc) is 3.15. The average molecular weight is 414 g/mol. The van der Waals surface area contributed by atoms with E-state index in [4.69, 9.17) is 10.5 Å². The molecule has 1 rings (SSSR count). The number of rotatable bonds is 8. The van der Waals surface area contributed by atoms with Gasteiger partial charge in [0.1, 0.15) is 0 Å². The molecule has 1 aliphatic rings. The number of amides is 3. The fourth-order valence-electron chi connectivity index (χ4n) is 2.41. The van der Waals surface area contributed by atoms with E-state index in [1.165, 1.54) is 9.24 Å². The zero-order chi connectivity index (χ0) is 21.9. The molecule has 27 heavy (non-hydrogen) atoms. The molecule has 162 valence electrons. The Labute approximate surface area is 164 Å². The summed E-state index contributed by atoms with van der Waals surface area (Å²) in [5.41, 5.74) is 6.13. The second-order valence-corrected chi connectivity index (χ2v) is 5.95. The molecule has 3 unspecified atom stereocenters. The highest BCUT2D eigenvalue weighted by Gasteiger charge is 2.32. The molecule has 1 aliphatic heterocycles. The van der Waals surface area contributed by atoms with Gasteiger partial charge in [-0.05, 0) is 32.2 Å². The topological polar surface area (TPSA) is 127 Å². The highest BCUT2D eigenvalue weighted by atomic mass is 31.0. The largest absolute Gasteiger partial charge is 0.372 e. The number of carbonyl (C=O) groups is 3. The Morgan fingerprint density at radius 3 is 2.19 bits per heavy atom. The van der Waals surface area contributed by atoms with Gasteiger partial charge in [-0.2, -0.15) is 8.78 Å². The molecule has 1 fully saturated rings. The molecule has 0 bridgehead atoms. The third kappa shape index (κ3) is 16.6. The lowest BCUT2D eigenvalue weighted by Crippen LogP contribution is -2.39. The van der Waals surface area contributed by atoms with E-state index >= 15 is 0 Å². The van der Waals surface area contributed by atoms with E-state index in [0.29, 0.717) is 19.3 Å². The lowest BCUT2D eigenvalue weighted by molar-refractivity contribution is -0.135. The van der Waals surface area contributed by atoms with Crippen molar-refractivity contribution in [2.75, 3.05) is 13.1 Å². The van der Waals surface area contributed by atoms with Crippen LogP contribution in [-0.2, 0) is 14.4 Å². The Morgan fingerprint density at radius 2 is 1.81 bits per heavy atom. The molecule has 10 heteroatoms. The molecule has 0 aliphatic carbocycles. The van der Waals surface area contributed by atoms with Gasteiger partial charge in [0.25, 0.3) is 5.91 Å². The lowest BCUT2D eigenvalue weighted by atomic mass is 9.92. The van der Waals surface area contributed by atoms with Crippen LogP contribution in [0.3, 0.4) is 0 Å². The molecule has 3 amide bonds. The van der Waals surface area contributed by atoms with Gasteiger partial charge in [0.2, 0.25) is 12.3 Å². The summed E-state index contributed by atoms with van der Waals surface area (Å²) in [6.07, 6.45) is 4.04. The Bertz CT molecular complexity index is 391. The standard InChI is InChI=1S/C12H22F2N3O2P.2C2H6.CH3NO/c13-12(14,20)11(19)17-6-2-1-4-8(10(15)18)9-5-3-7-16-9;2*1-2;2-1-3/h8-9,16H,1-7,20H2,(H2,15,18)(H,17,19);2*1-2H3;1H,(H2,2,3). The number of hydrogen-bond acceptors (Lipinski definition) is 4. The maximum absolute atomic E-state index is 12.5. The van der Waals surface area contributed by atoms with Gasteiger partial charge in [-0.3, -0.25) is 14.4 Å². The second-order valence-electron chi connectivity index (χ2n) is 5.22. The number of nitrogens with one attached hydrogen (secondary N) is 2. The zero-order valence-corrected chi connectivity index (χ0v) is 18.0. The summed E-state index contributed by atoms with van der Waals surface area (Å²) < 4.78 is 25.1. The number of alkyl halides is 2. The molecule has 0 saturated carbocycles. The summed E-state index contributed by atoms with van der Waals surface area (Å²) in [5, 5.41) is 5.40. The maximum Gasteiger partial charge on any atom is 0.334 e. The number of carbonyl (C=O) groups excluding carboxylic acids is 3. The Kier molecular flexibility index (Phi) is 21.9. The van der Waals surface area contributed by atoms with Crippen LogP contribution in [-0.4, -0.2) is 43.0 Å². The molecule has 0 aromatic rings. The summed E-state index contributed by atoms with van der Waals surface area (Å²) in [6.45, 7) is 9.07. The predicted octanol–water partition coefficient (Wildman–Crippen LogP) is 1.75. The second kappa shape index (κ2) is 19.4. The van der Waals surface area contributed by atoms with Gasteiger partial charge in [-0.25, -0.2) is 0 Å². The minimum atomic E-state index is -3.43. The highest BCUT2D eigenvalue weighted by Crippen LogP contribution is 2.22. The summed E-state index contributed by atoms with van der Waals surface area (Å²) in [5.74, 6) is -1.85. The molecule has 0 aromatic heterocycles. The molecule has 7 nitrogen and oxygen atoms in total. The normalized spacial score (nSPS) is 16.2. The summed E-state index contributed by atoms with van der Waals surface area (Å²) in [4.78, 5) is 30.9. The Morgan fingerprint density at radius 1 is 1.30 bits per heavy atom. The molecule has 0 spiro atoms. The van der Waals surface area contributed by atoms with Crippen molar-refractivity contribution in [3.8, 4) is 0 Å². The van der Waals surface area contributed by atoms with Crippen LogP contribution in [0.5, 0.6) is 0 Å². The third-order valence-electron chi connectivity index (χ3n) is 3.48. The van der Waals surface area contributed by atoms with Crippen LogP contribution in [0.4, 0.5) is 8.78 Å². The van der Waals surface area contributed by atoms with Crippen LogP contribution >= 0.6 is 9.24 Å². The van der Waals surface area contributed by atoms with Crippen molar-refractivity contribution in [3.05, 3.63) is 0 Å². The van der Waals surface area contributed by atoms with Crippen LogP contribution in [0, 0.1) is 5.92 Å². The fourth-order valence-corrected chi connectivity index (χ4v) is 2.51. The predicted molar refractivity (Wildman–Crippen MR) is 108 cm³/mol. The number of nitrogens with two attached hydrogens (primary N) is 2. The van der Waals surface area contributed by atoms with E-state index in [0.717, 1.165) is 19.4 Å².